The van der Waals surface area contributed by atoms with E-state index < -0.39 is 0 Å². The van der Waals surface area contributed by atoms with Crippen LogP contribution in [0.3, 0.4) is 0 Å². The third-order valence-electron chi connectivity index (χ3n) is 4.68. The Balaban J connectivity index is 1.83. The fourth-order valence-corrected chi connectivity index (χ4v) is 3.28. The third kappa shape index (κ3) is 2.78. The highest BCUT2D eigenvalue weighted by Gasteiger charge is 2.24. The van der Waals surface area contributed by atoms with Gasteiger partial charge in [0.1, 0.15) is 6.33 Å². The lowest BCUT2D eigenvalue weighted by Crippen LogP contribution is -2.40. The average Bonchev–Trinajstić information content (AvgIpc) is 2.96. The van der Waals surface area contributed by atoms with Crippen LogP contribution in [0.15, 0.2) is 36.7 Å². The molecule has 1 aliphatic carbocycles. The zero-order valence-corrected chi connectivity index (χ0v) is 13.3. The summed E-state index contributed by atoms with van der Waals surface area (Å²) in [6.45, 7) is 1.96. The quantitative estimate of drug-likeness (QED) is 0.837. The number of amides is 1. The van der Waals surface area contributed by atoms with Crippen molar-refractivity contribution in [3.8, 4) is 11.3 Å². The molecule has 1 heterocycles. The molecular formula is C18H23N3O. The standard InChI is InChI=1S/C18H23N3O/c1-14-17(15-9-5-3-6-10-15)19-13-21(14)18(22)20(2)16-11-7-4-8-12-16/h3,5-6,9-10,13,16H,4,7-8,11-12H2,1-2H3. The summed E-state index contributed by atoms with van der Waals surface area (Å²) in [5, 5.41) is 0. The second-order valence-electron chi connectivity index (χ2n) is 6.10. The molecule has 22 heavy (non-hydrogen) atoms. The van der Waals surface area contributed by atoms with E-state index in [1.807, 2.05) is 49.2 Å². The number of aromatic nitrogens is 2. The predicted molar refractivity (Wildman–Crippen MR) is 87.8 cm³/mol. The van der Waals surface area contributed by atoms with E-state index >= 15 is 0 Å². The molecule has 0 radical (unpaired) electrons. The number of hydrogen-bond acceptors (Lipinski definition) is 2. The van der Waals surface area contributed by atoms with Gasteiger partial charge in [0.2, 0.25) is 0 Å². The number of benzene rings is 1. The zero-order valence-electron chi connectivity index (χ0n) is 13.3. The molecule has 0 aliphatic heterocycles. The van der Waals surface area contributed by atoms with Gasteiger partial charge in [0.05, 0.1) is 11.4 Å². The van der Waals surface area contributed by atoms with Crippen LogP contribution in [-0.4, -0.2) is 33.6 Å². The second kappa shape index (κ2) is 6.34. The molecule has 0 bridgehead atoms. The van der Waals surface area contributed by atoms with E-state index in [9.17, 15) is 4.79 Å². The summed E-state index contributed by atoms with van der Waals surface area (Å²) in [6.07, 6.45) is 7.62. The molecule has 1 aromatic carbocycles. The van der Waals surface area contributed by atoms with Gasteiger partial charge in [-0.15, -0.1) is 0 Å². The van der Waals surface area contributed by atoms with Crippen LogP contribution in [0.2, 0.25) is 0 Å². The van der Waals surface area contributed by atoms with Crippen molar-refractivity contribution in [3.63, 3.8) is 0 Å². The number of imidazole rings is 1. The van der Waals surface area contributed by atoms with Gasteiger partial charge in [0, 0.05) is 18.7 Å². The van der Waals surface area contributed by atoms with E-state index in [2.05, 4.69) is 4.98 Å². The highest BCUT2D eigenvalue weighted by atomic mass is 16.2. The highest BCUT2D eigenvalue weighted by Crippen LogP contribution is 2.24. The molecule has 3 rings (SSSR count). The normalized spacial score (nSPS) is 15.7. The Morgan fingerprint density at radius 3 is 2.55 bits per heavy atom. The molecule has 0 N–H and O–H groups in total. The van der Waals surface area contributed by atoms with Crippen molar-refractivity contribution in [1.29, 1.82) is 0 Å². The predicted octanol–water partition coefficient (Wildman–Crippen LogP) is 4.09. The summed E-state index contributed by atoms with van der Waals surface area (Å²) in [4.78, 5) is 19.1. The topological polar surface area (TPSA) is 38.1 Å². The number of carbonyl (C=O) groups excluding carboxylic acids is 1. The van der Waals surface area contributed by atoms with Gasteiger partial charge in [-0.3, -0.25) is 4.57 Å². The van der Waals surface area contributed by atoms with Crippen LogP contribution >= 0.6 is 0 Å². The van der Waals surface area contributed by atoms with Gasteiger partial charge >= 0.3 is 6.03 Å². The van der Waals surface area contributed by atoms with E-state index in [1.54, 1.807) is 10.9 Å². The van der Waals surface area contributed by atoms with Gasteiger partial charge in [-0.1, -0.05) is 49.6 Å². The van der Waals surface area contributed by atoms with Gasteiger partial charge in [-0.25, -0.2) is 9.78 Å². The lowest BCUT2D eigenvalue weighted by molar-refractivity contribution is 0.174. The van der Waals surface area contributed by atoms with Gasteiger partial charge in [0.25, 0.3) is 0 Å². The van der Waals surface area contributed by atoms with Crippen LogP contribution in [0.4, 0.5) is 4.79 Å². The Bertz CT molecular complexity index is 642. The van der Waals surface area contributed by atoms with E-state index in [1.165, 1.54) is 19.3 Å². The fourth-order valence-electron chi connectivity index (χ4n) is 3.28. The van der Waals surface area contributed by atoms with Crippen molar-refractivity contribution < 1.29 is 4.79 Å². The van der Waals surface area contributed by atoms with Crippen molar-refractivity contribution in [2.24, 2.45) is 0 Å². The molecule has 2 aromatic rings. The summed E-state index contributed by atoms with van der Waals surface area (Å²) >= 11 is 0. The molecular weight excluding hydrogens is 274 g/mol. The van der Waals surface area contributed by atoms with E-state index in [0.29, 0.717) is 6.04 Å². The third-order valence-corrected chi connectivity index (χ3v) is 4.68. The van der Waals surface area contributed by atoms with Gasteiger partial charge in [0.15, 0.2) is 0 Å². The highest BCUT2D eigenvalue weighted by molar-refractivity contribution is 5.79. The van der Waals surface area contributed by atoms with Crippen molar-refractivity contribution >= 4 is 6.03 Å². The maximum absolute atomic E-state index is 12.8. The van der Waals surface area contributed by atoms with Crippen molar-refractivity contribution in [1.82, 2.24) is 14.5 Å². The van der Waals surface area contributed by atoms with Crippen molar-refractivity contribution in [2.75, 3.05) is 7.05 Å². The maximum atomic E-state index is 12.8. The number of rotatable bonds is 2. The average molecular weight is 297 g/mol. The van der Waals surface area contributed by atoms with Crippen molar-refractivity contribution in [2.45, 2.75) is 45.1 Å². The molecule has 4 nitrogen and oxygen atoms in total. The van der Waals surface area contributed by atoms with Crippen LogP contribution in [0.5, 0.6) is 0 Å². The molecule has 4 heteroatoms. The smallest absolute Gasteiger partial charge is 0.324 e. The molecule has 0 spiro atoms. The maximum Gasteiger partial charge on any atom is 0.329 e. The molecule has 0 atom stereocenters. The van der Waals surface area contributed by atoms with Crippen molar-refractivity contribution in [3.05, 3.63) is 42.4 Å². The second-order valence-corrected chi connectivity index (χ2v) is 6.10. The van der Waals surface area contributed by atoms with Crippen LogP contribution in [0.1, 0.15) is 37.8 Å². The molecule has 1 fully saturated rings. The number of hydrogen-bond donors (Lipinski definition) is 0. The van der Waals surface area contributed by atoms with Crippen LogP contribution < -0.4 is 0 Å². The van der Waals surface area contributed by atoms with E-state index in [4.69, 9.17) is 0 Å². The molecule has 1 amide bonds. The lowest BCUT2D eigenvalue weighted by Gasteiger charge is -2.31. The Hall–Kier alpha value is -2.10. The Morgan fingerprint density at radius 2 is 1.86 bits per heavy atom. The minimum atomic E-state index is 0.0269. The van der Waals surface area contributed by atoms with Crippen LogP contribution in [-0.2, 0) is 0 Å². The van der Waals surface area contributed by atoms with Gasteiger partial charge < -0.3 is 4.90 Å². The fraction of sp³-hybridized carbons (Fsp3) is 0.444. The first-order chi connectivity index (χ1) is 10.7. The molecule has 1 aliphatic rings. The summed E-state index contributed by atoms with van der Waals surface area (Å²) in [5.41, 5.74) is 2.83. The number of nitrogens with zero attached hydrogens (tertiary/aromatic N) is 3. The molecule has 0 saturated heterocycles. The summed E-state index contributed by atoms with van der Waals surface area (Å²) in [5.74, 6) is 0. The monoisotopic (exact) mass is 297 g/mol. The largest absolute Gasteiger partial charge is 0.329 e. The minimum absolute atomic E-state index is 0.0269. The molecule has 1 saturated carbocycles. The summed E-state index contributed by atoms with van der Waals surface area (Å²) < 4.78 is 1.68. The first-order valence-corrected chi connectivity index (χ1v) is 8.05. The minimum Gasteiger partial charge on any atom is -0.324 e. The Kier molecular flexibility index (Phi) is 4.27. The molecule has 1 aromatic heterocycles. The van der Waals surface area contributed by atoms with Crippen LogP contribution in [0.25, 0.3) is 11.3 Å². The van der Waals surface area contributed by atoms with E-state index in [0.717, 1.165) is 29.8 Å². The first kappa shape index (κ1) is 14.8. The molecule has 116 valence electrons. The zero-order chi connectivity index (χ0) is 15.5. The van der Waals surface area contributed by atoms with Crippen LogP contribution in [0, 0.1) is 6.92 Å². The number of carbonyl (C=O) groups is 1. The lowest BCUT2D eigenvalue weighted by atomic mass is 9.95. The Morgan fingerprint density at radius 1 is 1.18 bits per heavy atom. The summed E-state index contributed by atoms with van der Waals surface area (Å²) in [7, 11) is 1.92. The molecule has 0 unspecified atom stereocenters. The first-order valence-electron chi connectivity index (χ1n) is 8.05. The summed E-state index contributed by atoms with van der Waals surface area (Å²) in [6, 6.07) is 10.4. The Labute approximate surface area is 131 Å². The van der Waals surface area contributed by atoms with Gasteiger partial charge in [-0.05, 0) is 19.8 Å². The SMILES string of the molecule is Cc1c(-c2ccccc2)ncn1C(=O)N(C)C1CCCCC1. The van der Waals surface area contributed by atoms with Gasteiger partial charge in [-0.2, -0.15) is 0 Å². The van der Waals surface area contributed by atoms with E-state index in [-0.39, 0.29) is 6.03 Å².